The van der Waals surface area contributed by atoms with E-state index in [9.17, 15) is 4.79 Å². The van der Waals surface area contributed by atoms with Crippen LogP contribution in [0.25, 0.3) is 0 Å². The summed E-state index contributed by atoms with van der Waals surface area (Å²) in [6, 6.07) is 6.80. The average Bonchev–Trinajstić information content (AvgIpc) is 2.28. The van der Waals surface area contributed by atoms with Crippen LogP contribution < -0.4 is 5.56 Å². The van der Waals surface area contributed by atoms with Crippen LogP contribution in [0.3, 0.4) is 0 Å². The molecular weight excluding hydrogens is 236 g/mol. The molecule has 0 aliphatic heterocycles. The van der Waals surface area contributed by atoms with Crippen LogP contribution in [-0.4, -0.2) is 15.0 Å². The molecule has 84 valence electrons. The highest BCUT2D eigenvalue weighted by Crippen LogP contribution is 2.21. The topological polar surface area (TPSA) is 82.4 Å². The maximum atomic E-state index is 11.2. The number of nitrogens with one attached hydrogen (secondary N) is 1. The number of aromatic amines is 1. The van der Waals surface area contributed by atoms with Gasteiger partial charge in [0.2, 0.25) is 0 Å². The van der Waals surface area contributed by atoms with E-state index in [0.717, 1.165) is 0 Å². The van der Waals surface area contributed by atoms with Gasteiger partial charge in [-0.3, -0.25) is 4.79 Å². The van der Waals surface area contributed by atoms with Crippen molar-refractivity contribution in [2.24, 2.45) is 0 Å². The summed E-state index contributed by atoms with van der Waals surface area (Å²) in [6.45, 7) is 1.76. The second-order valence-electron chi connectivity index (χ2n) is 3.29. The quantitative estimate of drug-likeness (QED) is 0.809. The summed E-state index contributed by atoms with van der Waals surface area (Å²) in [4.78, 5) is 22.1. The molecule has 0 unspecified atom stereocenters. The zero-order chi connectivity index (χ0) is 12.3. The Kier molecular flexibility index (Phi) is 3.21. The highest BCUT2D eigenvalue weighted by atomic mass is 32.2. The van der Waals surface area contributed by atoms with Crippen molar-refractivity contribution in [1.82, 2.24) is 15.0 Å². The molecule has 0 aliphatic carbocycles. The van der Waals surface area contributed by atoms with E-state index in [4.69, 9.17) is 5.26 Å². The summed E-state index contributed by atoms with van der Waals surface area (Å²) in [5, 5.41) is 9.81. The average molecular weight is 244 g/mol. The van der Waals surface area contributed by atoms with Crippen molar-refractivity contribution >= 4 is 11.8 Å². The first kappa shape index (κ1) is 11.4. The van der Waals surface area contributed by atoms with Crippen LogP contribution in [0.4, 0.5) is 0 Å². The zero-order valence-corrected chi connectivity index (χ0v) is 9.78. The second kappa shape index (κ2) is 4.80. The Morgan fingerprint density at radius 2 is 2.29 bits per heavy atom. The van der Waals surface area contributed by atoms with Gasteiger partial charge in [-0.25, -0.2) is 9.97 Å². The van der Waals surface area contributed by atoms with Gasteiger partial charge in [0.1, 0.15) is 11.1 Å². The van der Waals surface area contributed by atoms with E-state index in [-0.39, 0.29) is 5.56 Å². The van der Waals surface area contributed by atoms with Crippen molar-refractivity contribution in [3.8, 4) is 6.07 Å². The lowest BCUT2D eigenvalue weighted by atomic mass is 10.3. The van der Waals surface area contributed by atoms with Crippen LogP contribution in [0.1, 0.15) is 11.3 Å². The minimum absolute atomic E-state index is 0.186. The van der Waals surface area contributed by atoms with Gasteiger partial charge in [-0.2, -0.15) is 5.26 Å². The number of pyridine rings is 1. The van der Waals surface area contributed by atoms with Crippen LogP contribution in [0.5, 0.6) is 0 Å². The van der Waals surface area contributed by atoms with Crippen LogP contribution >= 0.6 is 11.8 Å². The molecule has 6 heteroatoms. The molecule has 0 spiro atoms. The molecule has 0 bridgehead atoms. The number of nitrogens with zero attached hydrogens (tertiary/aromatic N) is 3. The highest BCUT2D eigenvalue weighted by molar-refractivity contribution is 7.99. The van der Waals surface area contributed by atoms with Crippen molar-refractivity contribution in [1.29, 1.82) is 5.26 Å². The summed E-state index contributed by atoms with van der Waals surface area (Å²) in [5.41, 5.74) is 0.971. The fraction of sp³-hybridized carbons (Fsp3) is 0.0909. The molecule has 2 aromatic rings. The van der Waals surface area contributed by atoms with Gasteiger partial charge in [0, 0.05) is 18.0 Å². The van der Waals surface area contributed by atoms with Crippen molar-refractivity contribution in [2.75, 3.05) is 0 Å². The molecule has 1 N–H and O–H groups in total. The highest BCUT2D eigenvalue weighted by Gasteiger charge is 2.02. The number of hydrogen-bond donors (Lipinski definition) is 1. The molecule has 0 aliphatic rings. The number of H-pyrrole nitrogens is 1. The molecule has 2 heterocycles. The molecule has 0 saturated heterocycles. The van der Waals surface area contributed by atoms with E-state index < -0.39 is 0 Å². The molecule has 2 aromatic heterocycles. The molecule has 0 radical (unpaired) electrons. The Labute approximate surface area is 102 Å². The number of hydrogen-bond acceptors (Lipinski definition) is 5. The Bertz CT molecular complexity index is 627. The number of rotatable bonds is 2. The van der Waals surface area contributed by atoms with Gasteiger partial charge in [0.15, 0.2) is 5.16 Å². The van der Waals surface area contributed by atoms with Crippen LogP contribution in [0.2, 0.25) is 0 Å². The SMILES string of the molecule is Cc1cc(=O)[nH]c(Sc2ccc(C#N)cn2)n1. The predicted molar refractivity (Wildman–Crippen MR) is 62.7 cm³/mol. The Morgan fingerprint density at radius 3 is 2.88 bits per heavy atom. The Balaban J connectivity index is 2.25. The first-order valence-corrected chi connectivity index (χ1v) is 5.61. The number of aryl methyl sites for hydroxylation is 1. The lowest BCUT2D eigenvalue weighted by Crippen LogP contribution is -2.07. The largest absolute Gasteiger partial charge is 0.301 e. The first-order chi connectivity index (χ1) is 8.17. The van der Waals surface area contributed by atoms with E-state index in [1.807, 2.05) is 6.07 Å². The van der Waals surface area contributed by atoms with E-state index in [2.05, 4.69) is 15.0 Å². The molecule has 5 nitrogen and oxygen atoms in total. The minimum atomic E-state index is -0.186. The summed E-state index contributed by atoms with van der Waals surface area (Å²) >= 11 is 1.25. The van der Waals surface area contributed by atoms with E-state index in [0.29, 0.717) is 21.4 Å². The third-order valence-electron chi connectivity index (χ3n) is 1.91. The maximum absolute atomic E-state index is 11.2. The lowest BCUT2D eigenvalue weighted by Gasteiger charge is -2.00. The second-order valence-corrected chi connectivity index (χ2v) is 4.30. The smallest absolute Gasteiger partial charge is 0.251 e. The minimum Gasteiger partial charge on any atom is -0.301 e. The monoisotopic (exact) mass is 244 g/mol. The third-order valence-corrected chi connectivity index (χ3v) is 2.75. The third kappa shape index (κ3) is 2.92. The first-order valence-electron chi connectivity index (χ1n) is 4.79. The molecule has 0 saturated carbocycles. The van der Waals surface area contributed by atoms with Crippen LogP contribution in [0.15, 0.2) is 39.4 Å². The fourth-order valence-corrected chi connectivity index (χ4v) is 1.99. The summed E-state index contributed by atoms with van der Waals surface area (Å²) in [6.07, 6.45) is 1.48. The molecular formula is C11H8N4OS. The van der Waals surface area contributed by atoms with Gasteiger partial charge >= 0.3 is 0 Å². The van der Waals surface area contributed by atoms with Gasteiger partial charge in [0.25, 0.3) is 5.56 Å². The maximum Gasteiger partial charge on any atom is 0.251 e. The number of aromatic nitrogens is 3. The van der Waals surface area contributed by atoms with Crippen LogP contribution in [0, 0.1) is 18.3 Å². The standard InChI is InChI=1S/C11H8N4OS/c1-7-4-9(16)15-11(14-7)17-10-3-2-8(5-12)6-13-10/h2-4,6H,1H3,(H,14,15,16). The van der Waals surface area contributed by atoms with E-state index >= 15 is 0 Å². The number of nitriles is 1. The molecule has 0 atom stereocenters. The van der Waals surface area contributed by atoms with Crippen molar-refractivity contribution in [2.45, 2.75) is 17.1 Å². The van der Waals surface area contributed by atoms with Crippen molar-refractivity contribution < 1.29 is 0 Å². The normalized spacial score (nSPS) is 9.88. The van der Waals surface area contributed by atoms with E-state index in [1.54, 1.807) is 19.1 Å². The van der Waals surface area contributed by atoms with Gasteiger partial charge < -0.3 is 4.98 Å². The molecule has 17 heavy (non-hydrogen) atoms. The van der Waals surface area contributed by atoms with Crippen molar-refractivity contribution in [3.05, 3.63) is 46.0 Å². The zero-order valence-electron chi connectivity index (χ0n) is 8.97. The van der Waals surface area contributed by atoms with Crippen molar-refractivity contribution in [3.63, 3.8) is 0 Å². The Morgan fingerprint density at radius 1 is 1.47 bits per heavy atom. The van der Waals surface area contributed by atoms with Gasteiger partial charge in [-0.05, 0) is 30.8 Å². The molecule has 2 rings (SSSR count). The lowest BCUT2D eigenvalue weighted by molar-refractivity contribution is 0.902. The Hall–Kier alpha value is -2.13. The van der Waals surface area contributed by atoms with Gasteiger partial charge in [-0.1, -0.05) is 0 Å². The van der Waals surface area contributed by atoms with Crippen LogP contribution in [-0.2, 0) is 0 Å². The fourth-order valence-electron chi connectivity index (χ4n) is 1.21. The molecule has 0 amide bonds. The molecule has 0 aromatic carbocycles. The molecule has 0 fully saturated rings. The predicted octanol–water partition coefficient (Wildman–Crippen LogP) is 1.50. The van der Waals surface area contributed by atoms with E-state index in [1.165, 1.54) is 24.0 Å². The summed E-state index contributed by atoms with van der Waals surface area (Å²) in [7, 11) is 0. The van der Waals surface area contributed by atoms with Gasteiger partial charge in [0.05, 0.1) is 5.56 Å². The summed E-state index contributed by atoms with van der Waals surface area (Å²) < 4.78 is 0. The van der Waals surface area contributed by atoms with Gasteiger partial charge in [-0.15, -0.1) is 0 Å². The summed E-state index contributed by atoms with van der Waals surface area (Å²) in [5.74, 6) is 0.